The Morgan fingerprint density at radius 1 is 0.875 bits per heavy atom. The Balaban J connectivity index is 1.61. The molecule has 0 aromatic heterocycles. The Morgan fingerprint density at radius 2 is 1.58 bits per heavy atom. The molecule has 1 unspecified atom stereocenters. The van der Waals surface area contributed by atoms with Gasteiger partial charge < -0.3 is 0 Å². The molecule has 0 bridgehead atoms. The Bertz CT molecular complexity index is 651. The van der Waals surface area contributed by atoms with Crippen LogP contribution in [0, 0.1) is 0 Å². The van der Waals surface area contributed by atoms with Crippen LogP contribution in [0.1, 0.15) is 56.6 Å². The lowest BCUT2D eigenvalue weighted by Gasteiger charge is -2.42. The molecule has 5 heteroatoms. The fourth-order valence-corrected chi connectivity index (χ4v) is 6.56. The van der Waals surface area contributed by atoms with Crippen molar-refractivity contribution < 1.29 is 8.42 Å². The zero-order valence-corrected chi connectivity index (χ0v) is 15.1. The minimum Gasteiger partial charge on any atom is -0.297 e. The number of hydrogen-bond acceptors (Lipinski definition) is 3. The summed E-state index contributed by atoms with van der Waals surface area (Å²) in [6.07, 6.45) is 7.53. The van der Waals surface area contributed by atoms with Gasteiger partial charge in [-0.3, -0.25) is 4.90 Å². The molecule has 3 aliphatic rings. The first-order valence-corrected chi connectivity index (χ1v) is 11.0. The number of hydrogen-bond donors (Lipinski definition) is 0. The zero-order valence-electron chi connectivity index (χ0n) is 14.3. The molecule has 2 saturated carbocycles. The highest BCUT2D eigenvalue weighted by molar-refractivity contribution is 7.89. The summed E-state index contributed by atoms with van der Waals surface area (Å²) in [7, 11) is -3.20. The van der Waals surface area contributed by atoms with Gasteiger partial charge in [0.1, 0.15) is 0 Å². The molecule has 1 heterocycles. The molecule has 0 spiro atoms. The van der Waals surface area contributed by atoms with Gasteiger partial charge in [-0.25, -0.2) is 8.42 Å². The second-order valence-electron chi connectivity index (χ2n) is 7.57. The van der Waals surface area contributed by atoms with E-state index in [0.29, 0.717) is 12.6 Å². The van der Waals surface area contributed by atoms with E-state index in [9.17, 15) is 8.42 Å². The summed E-state index contributed by atoms with van der Waals surface area (Å²) >= 11 is 0. The molecule has 4 nitrogen and oxygen atoms in total. The number of benzene rings is 1. The standard InChI is InChI=1S/C19H28N2O2S/c22-24(23,18-9-5-2-6-10-18)21-14-13-20(17-11-12-17)15-19(21)16-7-3-1-4-8-16/h1,3-4,7-8,17-19H,2,5-6,9-15H2. The molecule has 0 N–H and O–H groups in total. The fraction of sp³-hybridized carbons (Fsp3) is 0.684. The molecule has 4 rings (SSSR count). The SMILES string of the molecule is O=S(=O)(C1CCCCC1)N1CCN(C2CC2)CC1c1ccccc1. The Morgan fingerprint density at radius 3 is 2.25 bits per heavy atom. The van der Waals surface area contributed by atoms with E-state index < -0.39 is 10.0 Å². The molecule has 1 aliphatic heterocycles. The highest BCUT2D eigenvalue weighted by atomic mass is 32.2. The highest BCUT2D eigenvalue weighted by Crippen LogP contribution is 2.37. The Hall–Kier alpha value is -0.910. The van der Waals surface area contributed by atoms with Gasteiger partial charge in [0.15, 0.2) is 0 Å². The van der Waals surface area contributed by atoms with E-state index >= 15 is 0 Å². The van der Waals surface area contributed by atoms with E-state index in [1.54, 1.807) is 0 Å². The molecule has 1 atom stereocenters. The molecule has 1 aromatic carbocycles. The lowest BCUT2D eigenvalue weighted by Crippen LogP contribution is -2.53. The van der Waals surface area contributed by atoms with Crippen molar-refractivity contribution in [3.63, 3.8) is 0 Å². The summed E-state index contributed by atoms with van der Waals surface area (Å²) in [5, 5.41) is -0.162. The third-order valence-electron chi connectivity index (χ3n) is 5.91. The van der Waals surface area contributed by atoms with E-state index in [1.807, 2.05) is 22.5 Å². The number of sulfonamides is 1. The van der Waals surface area contributed by atoms with Gasteiger partial charge in [0.05, 0.1) is 11.3 Å². The summed E-state index contributed by atoms with van der Waals surface area (Å²) in [6, 6.07) is 10.9. The summed E-state index contributed by atoms with van der Waals surface area (Å²) in [6.45, 7) is 2.38. The van der Waals surface area contributed by atoms with Crippen LogP contribution in [0.4, 0.5) is 0 Å². The van der Waals surface area contributed by atoms with E-state index in [4.69, 9.17) is 0 Å². The van der Waals surface area contributed by atoms with E-state index in [2.05, 4.69) is 17.0 Å². The van der Waals surface area contributed by atoms with Crippen molar-refractivity contribution in [2.75, 3.05) is 19.6 Å². The molecular formula is C19H28N2O2S. The van der Waals surface area contributed by atoms with Crippen molar-refractivity contribution in [2.24, 2.45) is 0 Å². The minimum atomic E-state index is -3.20. The largest absolute Gasteiger partial charge is 0.297 e. The summed E-state index contributed by atoms with van der Waals surface area (Å²) in [5.74, 6) is 0. The Labute approximate surface area is 145 Å². The van der Waals surface area contributed by atoms with Crippen LogP contribution in [0.2, 0.25) is 0 Å². The van der Waals surface area contributed by atoms with Crippen molar-refractivity contribution >= 4 is 10.0 Å². The van der Waals surface area contributed by atoms with Crippen molar-refractivity contribution in [1.29, 1.82) is 0 Å². The quantitative estimate of drug-likeness (QED) is 0.839. The first-order chi connectivity index (χ1) is 11.7. The maximum Gasteiger partial charge on any atom is 0.217 e. The third kappa shape index (κ3) is 3.26. The van der Waals surface area contributed by atoms with E-state index in [0.717, 1.165) is 44.3 Å². The number of rotatable bonds is 4. The monoisotopic (exact) mass is 348 g/mol. The van der Waals surface area contributed by atoms with Gasteiger partial charge in [-0.2, -0.15) is 4.31 Å². The molecule has 24 heavy (non-hydrogen) atoms. The smallest absolute Gasteiger partial charge is 0.217 e. The van der Waals surface area contributed by atoms with Crippen molar-refractivity contribution in [3.8, 4) is 0 Å². The van der Waals surface area contributed by atoms with Gasteiger partial charge in [-0.05, 0) is 31.2 Å². The molecule has 1 saturated heterocycles. The second kappa shape index (κ2) is 6.77. The van der Waals surface area contributed by atoms with Crippen LogP contribution >= 0.6 is 0 Å². The van der Waals surface area contributed by atoms with Crippen LogP contribution in [0.15, 0.2) is 30.3 Å². The van der Waals surface area contributed by atoms with E-state index in [-0.39, 0.29) is 11.3 Å². The van der Waals surface area contributed by atoms with Gasteiger partial charge in [-0.15, -0.1) is 0 Å². The van der Waals surface area contributed by atoms with Gasteiger partial charge in [0, 0.05) is 25.7 Å². The van der Waals surface area contributed by atoms with Gasteiger partial charge >= 0.3 is 0 Å². The third-order valence-corrected chi connectivity index (χ3v) is 8.32. The van der Waals surface area contributed by atoms with Gasteiger partial charge in [-0.1, -0.05) is 49.6 Å². The molecule has 1 aromatic rings. The normalized spacial score (nSPS) is 28.1. The zero-order chi connectivity index (χ0) is 16.6. The minimum absolute atomic E-state index is 0.0209. The van der Waals surface area contributed by atoms with E-state index in [1.165, 1.54) is 19.3 Å². The number of nitrogens with zero attached hydrogens (tertiary/aromatic N) is 2. The molecule has 0 amide bonds. The van der Waals surface area contributed by atoms with Crippen LogP contribution in [0.5, 0.6) is 0 Å². The average molecular weight is 349 g/mol. The average Bonchev–Trinajstić information content (AvgIpc) is 3.48. The molecular weight excluding hydrogens is 320 g/mol. The first kappa shape index (κ1) is 16.6. The van der Waals surface area contributed by atoms with Gasteiger partial charge in [0.2, 0.25) is 10.0 Å². The highest BCUT2D eigenvalue weighted by Gasteiger charge is 2.43. The lowest BCUT2D eigenvalue weighted by atomic mass is 10.0. The predicted octanol–water partition coefficient (Wildman–Crippen LogP) is 3.17. The van der Waals surface area contributed by atoms with Crippen LogP contribution in [-0.2, 0) is 10.0 Å². The van der Waals surface area contributed by atoms with Crippen molar-refractivity contribution in [3.05, 3.63) is 35.9 Å². The van der Waals surface area contributed by atoms with Crippen molar-refractivity contribution in [1.82, 2.24) is 9.21 Å². The fourth-order valence-electron chi connectivity index (χ4n) is 4.36. The molecule has 3 fully saturated rings. The number of piperazine rings is 1. The Kier molecular flexibility index (Phi) is 4.67. The van der Waals surface area contributed by atoms with Crippen LogP contribution in [0.25, 0.3) is 0 Å². The van der Waals surface area contributed by atoms with Crippen LogP contribution in [0.3, 0.4) is 0 Å². The lowest BCUT2D eigenvalue weighted by molar-refractivity contribution is 0.127. The van der Waals surface area contributed by atoms with Crippen LogP contribution in [-0.4, -0.2) is 48.5 Å². The summed E-state index contributed by atoms with van der Waals surface area (Å²) in [5.41, 5.74) is 1.14. The van der Waals surface area contributed by atoms with Crippen molar-refractivity contribution in [2.45, 2.75) is 62.3 Å². The summed E-state index contributed by atoms with van der Waals surface area (Å²) in [4.78, 5) is 2.50. The maximum atomic E-state index is 13.3. The first-order valence-electron chi connectivity index (χ1n) is 9.46. The topological polar surface area (TPSA) is 40.6 Å². The van der Waals surface area contributed by atoms with Crippen LogP contribution < -0.4 is 0 Å². The molecule has 0 radical (unpaired) electrons. The molecule has 132 valence electrons. The second-order valence-corrected chi connectivity index (χ2v) is 9.73. The van der Waals surface area contributed by atoms with Gasteiger partial charge in [0.25, 0.3) is 0 Å². The summed E-state index contributed by atoms with van der Waals surface area (Å²) < 4.78 is 28.5. The maximum absolute atomic E-state index is 13.3. The predicted molar refractivity (Wildman–Crippen MR) is 96.3 cm³/mol. The molecule has 2 aliphatic carbocycles.